The number of nitrogens with two attached hydrogens (primary N) is 1. The number of rotatable bonds is 7. The highest BCUT2D eigenvalue weighted by Crippen LogP contribution is 2.36. The van der Waals surface area contributed by atoms with Gasteiger partial charge in [-0.05, 0) is 13.1 Å². The standard InChI is InChI=1S/C22H31N5O12/c1-25-5-3-8(20(34)35)26(2)18(33)11(25)16(39-21-15(32)12(29)9(7-23)37-21)17-13(30)14(31)19(38-17)27-6-4-10(28)24-22(27)36/h3-4,6,9,11-17,19,21,29-32H,5,7,23H2,1-2H3,(H,34,35)(H,24,28,36)/t9?,11?,12?,13?,14?,15?,16-,17?,19?,21?/m0/s1. The Balaban J connectivity index is 1.73. The van der Waals surface area contributed by atoms with E-state index < -0.39 is 84.4 Å². The predicted molar refractivity (Wildman–Crippen MR) is 127 cm³/mol. The number of carboxylic acids is 1. The fourth-order valence-electron chi connectivity index (χ4n) is 4.93. The number of likely N-dealkylation sites (N-methyl/N-ethyl adjacent to an activating group) is 2. The zero-order valence-electron chi connectivity index (χ0n) is 20.9. The van der Waals surface area contributed by atoms with Crippen LogP contribution in [0.5, 0.6) is 0 Å². The van der Waals surface area contributed by atoms with Crippen LogP contribution >= 0.6 is 0 Å². The van der Waals surface area contributed by atoms with Gasteiger partial charge < -0.3 is 50.4 Å². The lowest BCUT2D eigenvalue weighted by Gasteiger charge is -2.38. The number of amides is 1. The van der Waals surface area contributed by atoms with E-state index in [1.807, 2.05) is 4.98 Å². The second kappa shape index (κ2) is 11.2. The normalized spacial score (nSPS) is 36.6. The van der Waals surface area contributed by atoms with Crippen LogP contribution in [0.4, 0.5) is 0 Å². The minimum Gasteiger partial charge on any atom is -0.477 e. The fourth-order valence-corrected chi connectivity index (χ4v) is 4.93. The van der Waals surface area contributed by atoms with E-state index in [2.05, 4.69) is 0 Å². The molecule has 3 aliphatic heterocycles. The molecule has 0 aromatic carbocycles. The maximum atomic E-state index is 13.6. The number of aliphatic carboxylic acids is 1. The predicted octanol–water partition coefficient (Wildman–Crippen LogP) is -5.31. The molecule has 0 spiro atoms. The smallest absolute Gasteiger partial charge is 0.352 e. The van der Waals surface area contributed by atoms with Gasteiger partial charge in [0.15, 0.2) is 12.5 Å². The van der Waals surface area contributed by atoms with E-state index in [1.54, 1.807) is 0 Å². The molecule has 0 aliphatic carbocycles. The summed E-state index contributed by atoms with van der Waals surface area (Å²) < 4.78 is 18.1. The summed E-state index contributed by atoms with van der Waals surface area (Å²) in [5.74, 6) is -2.17. The minimum atomic E-state index is -1.78. The lowest BCUT2D eigenvalue weighted by atomic mass is 9.97. The molecule has 0 radical (unpaired) electrons. The van der Waals surface area contributed by atoms with Gasteiger partial charge >= 0.3 is 11.7 Å². The molecule has 4 rings (SSSR count). The van der Waals surface area contributed by atoms with Crippen molar-refractivity contribution < 1.29 is 49.3 Å². The molecule has 17 heteroatoms. The summed E-state index contributed by atoms with van der Waals surface area (Å²) in [6, 6.07) is -0.385. The topological polar surface area (TPSA) is 250 Å². The Morgan fingerprint density at radius 1 is 1.13 bits per heavy atom. The van der Waals surface area contributed by atoms with Gasteiger partial charge in [0.2, 0.25) is 5.91 Å². The zero-order chi connectivity index (χ0) is 28.8. The number of aliphatic hydroxyl groups excluding tert-OH is 4. The van der Waals surface area contributed by atoms with Crippen molar-refractivity contribution in [2.75, 3.05) is 27.2 Å². The van der Waals surface area contributed by atoms with Crippen LogP contribution in [0, 0.1) is 0 Å². The summed E-state index contributed by atoms with van der Waals surface area (Å²) in [5.41, 5.74) is 3.60. The quantitative estimate of drug-likeness (QED) is 0.165. The average Bonchev–Trinajstić information content (AvgIpc) is 3.28. The van der Waals surface area contributed by atoms with Gasteiger partial charge in [-0.15, -0.1) is 0 Å². The molecular weight excluding hydrogens is 526 g/mol. The van der Waals surface area contributed by atoms with Crippen LogP contribution in [0.2, 0.25) is 0 Å². The molecule has 39 heavy (non-hydrogen) atoms. The Bertz CT molecular complexity index is 1230. The number of aromatic nitrogens is 2. The van der Waals surface area contributed by atoms with Crippen molar-refractivity contribution in [3.63, 3.8) is 0 Å². The third kappa shape index (κ3) is 5.28. The highest BCUT2D eigenvalue weighted by atomic mass is 16.7. The van der Waals surface area contributed by atoms with Crippen molar-refractivity contribution in [1.82, 2.24) is 19.4 Å². The third-order valence-electron chi connectivity index (χ3n) is 7.09. The van der Waals surface area contributed by atoms with Crippen molar-refractivity contribution in [2.24, 2.45) is 5.73 Å². The Hall–Kier alpha value is -3.00. The summed E-state index contributed by atoms with van der Waals surface area (Å²) in [5, 5.41) is 52.1. The number of nitrogens with zero attached hydrogens (tertiary/aromatic N) is 3. The van der Waals surface area contributed by atoms with Gasteiger partial charge in [-0.3, -0.25) is 24.0 Å². The lowest BCUT2D eigenvalue weighted by molar-refractivity contribution is -0.232. The number of hydrogen-bond donors (Lipinski definition) is 7. The Kier molecular flexibility index (Phi) is 8.36. The van der Waals surface area contributed by atoms with Gasteiger partial charge in [0.25, 0.3) is 5.56 Å². The number of ether oxygens (including phenoxy) is 3. The highest BCUT2D eigenvalue weighted by Gasteiger charge is 2.55. The van der Waals surface area contributed by atoms with Crippen LogP contribution in [0.1, 0.15) is 6.23 Å². The summed E-state index contributed by atoms with van der Waals surface area (Å²) in [7, 11) is 2.70. The summed E-state index contributed by atoms with van der Waals surface area (Å²) in [4.78, 5) is 53.4. The highest BCUT2D eigenvalue weighted by molar-refractivity contribution is 5.95. The largest absolute Gasteiger partial charge is 0.477 e. The van der Waals surface area contributed by atoms with Crippen LogP contribution in [-0.2, 0) is 23.8 Å². The van der Waals surface area contributed by atoms with Crippen molar-refractivity contribution in [3.05, 3.63) is 44.9 Å². The molecule has 17 nitrogen and oxygen atoms in total. The molecule has 0 bridgehead atoms. The fraction of sp³-hybridized carbons (Fsp3) is 0.636. The molecule has 4 heterocycles. The lowest BCUT2D eigenvalue weighted by Crippen LogP contribution is -2.59. The number of H-pyrrole nitrogens is 1. The molecule has 2 saturated heterocycles. The van der Waals surface area contributed by atoms with E-state index >= 15 is 0 Å². The Labute approximate surface area is 220 Å². The number of hydrogen-bond acceptors (Lipinski definition) is 13. The molecule has 2 fully saturated rings. The van der Waals surface area contributed by atoms with E-state index in [4.69, 9.17) is 19.9 Å². The first-order valence-corrected chi connectivity index (χ1v) is 12.0. The molecule has 3 aliphatic rings. The second-order valence-corrected chi connectivity index (χ2v) is 9.53. The minimum absolute atomic E-state index is 0.0709. The van der Waals surface area contributed by atoms with Crippen LogP contribution in [0.3, 0.4) is 0 Å². The molecule has 1 aromatic rings. The van der Waals surface area contributed by atoms with Gasteiger partial charge in [0.1, 0.15) is 54.5 Å². The molecule has 8 N–H and O–H groups in total. The van der Waals surface area contributed by atoms with E-state index in [1.165, 1.54) is 25.1 Å². The number of carbonyl (C=O) groups excluding carboxylic acids is 1. The van der Waals surface area contributed by atoms with Crippen molar-refractivity contribution in [3.8, 4) is 0 Å². The zero-order valence-corrected chi connectivity index (χ0v) is 20.9. The third-order valence-corrected chi connectivity index (χ3v) is 7.09. The summed E-state index contributed by atoms with van der Waals surface area (Å²) in [6.45, 7) is -0.253. The van der Waals surface area contributed by atoms with E-state index in [9.17, 15) is 44.7 Å². The van der Waals surface area contributed by atoms with Crippen molar-refractivity contribution in [1.29, 1.82) is 0 Å². The second-order valence-electron chi connectivity index (χ2n) is 9.53. The molecule has 0 saturated carbocycles. The number of aliphatic hydroxyl groups is 4. The van der Waals surface area contributed by atoms with Crippen LogP contribution < -0.4 is 17.0 Å². The first-order chi connectivity index (χ1) is 18.4. The first kappa shape index (κ1) is 29.0. The summed E-state index contributed by atoms with van der Waals surface area (Å²) >= 11 is 0. The van der Waals surface area contributed by atoms with E-state index in [0.717, 1.165) is 21.7 Å². The van der Waals surface area contributed by atoms with Crippen LogP contribution in [0.25, 0.3) is 0 Å². The van der Waals surface area contributed by atoms with Crippen LogP contribution in [-0.4, -0.2) is 139 Å². The van der Waals surface area contributed by atoms with Crippen molar-refractivity contribution in [2.45, 2.75) is 61.3 Å². The molecule has 10 atom stereocenters. The number of carbonyl (C=O) groups is 2. The number of carboxylic acid groups (broad SMARTS) is 1. The van der Waals surface area contributed by atoms with Gasteiger partial charge in [-0.2, -0.15) is 0 Å². The first-order valence-electron chi connectivity index (χ1n) is 12.0. The van der Waals surface area contributed by atoms with Gasteiger partial charge in [-0.1, -0.05) is 0 Å². The van der Waals surface area contributed by atoms with Crippen molar-refractivity contribution >= 4 is 11.9 Å². The Morgan fingerprint density at radius 3 is 2.41 bits per heavy atom. The Morgan fingerprint density at radius 2 is 1.82 bits per heavy atom. The van der Waals surface area contributed by atoms with Gasteiger partial charge in [0, 0.05) is 32.4 Å². The molecule has 216 valence electrons. The monoisotopic (exact) mass is 557 g/mol. The number of nitrogens with one attached hydrogen (secondary N) is 1. The SMILES string of the molecule is CN1C(=O)C([C@H](OC2OC(CN)C(O)C2O)C2OC(n3ccc(=O)[nH]c3=O)C(O)C2O)N(C)CC=C1C(=O)O. The average molecular weight is 558 g/mol. The molecule has 1 aromatic heterocycles. The van der Waals surface area contributed by atoms with Gasteiger partial charge in [0.05, 0.1) is 0 Å². The van der Waals surface area contributed by atoms with E-state index in [-0.39, 0.29) is 18.8 Å². The maximum Gasteiger partial charge on any atom is 0.352 e. The molecular formula is C22H31N5O12. The van der Waals surface area contributed by atoms with E-state index in [0.29, 0.717) is 0 Å². The summed E-state index contributed by atoms with van der Waals surface area (Å²) in [6.07, 6.45) is -11.5. The van der Waals surface area contributed by atoms with Gasteiger partial charge in [-0.25, -0.2) is 9.59 Å². The number of aromatic amines is 1. The maximum absolute atomic E-state index is 13.6. The van der Waals surface area contributed by atoms with Crippen LogP contribution in [0.15, 0.2) is 33.6 Å². The molecule has 1 amide bonds. The molecule has 9 unspecified atom stereocenters.